The van der Waals surface area contributed by atoms with Gasteiger partial charge < -0.3 is 0 Å². The first-order valence-electron chi connectivity index (χ1n) is 3.75. The van der Waals surface area contributed by atoms with E-state index in [1.807, 2.05) is 30.3 Å². The molecule has 1 aromatic carbocycles. The molecule has 0 saturated heterocycles. The van der Waals surface area contributed by atoms with Gasteiger partial charge >= 0.3 is 0 Å². The number of anilines is 1. The number of carbonyl (C=O) groups excluding carboxylic acids is 1. The van der Waals surface area contributed by atoms with Gasteiger partial charge in [0.25, 0.3) is 0 Å². The molecular weight excluding hydrogens is 189 g/mol. The number of benzene rings is 1. The van der Waals surface area contributed by atoms with E-state index in [2.05, 4.69) is 10.5 Å². The Morgan fingerprint density at radius 2 is 2.00 bits per heavy atom. The predicted octanol–water partition coefficient (Wildman–Crippen LogP) is 2.24. The van der Waals surface area contributed by atoms with Gasteiger partial charge in [0, 0.05) is 6.92 Å². The van der Waals surface area contributed by atoms with Crippen LogP contribution in [0.5, 0.6) is 0 Å². The minimum absolute atomic E-state index is 0.0520. The van der Waals surface area contributed by atoms with E-state index in [4.69, 9.17) is 11.6 Å². The monoisotopic (exact) mass is 197 g/mol. The summed E-state index contributed by atoms with van der Waals surface area (Å²) in [7, 11) is 0. The zero-order chi connectivity index (χ0) is 9.68. The molecule has 13 heavy (non-hydrogen) atoms. The number of hydrazone groups is 1. The molecule has 0 aliphatic rings. The third-order valence-electron chi connectivity index (χ3n) is 1.35. The molecular formula is C9H9ClN2O. The van der Waals surface area contributed by atoms with Crippen LogP contribution in [0, 0.1) is 0 Å². The highest BCUT2D eigenvalue weighted by Gasteiger charge is 1.99. The molecule has 0 amide bonds. The molecule has 1 N–H and O–H groups in total. The van der Waals surface area contributed by atoms with Crippen molar-refractivity contribution in [2.45, 2.75) is 6.92 Å². The van der Waals surface area contributed by atoms with E-state index in [-0.39, 0.29) is 11.0 Å². The zero-order valence-electron chi connectivity index (χ0n) is 7.12. The second kappa shape index (κ2) is 4.62. The van der Waals surface area contributed by atoms with Crippen molar-refractivity contribution in [1.29, 1.82) is 0 Å². The predicted molar refractivity (Wildman–Crippen MR) is 54.0 cm³/mol. The molecule has 0 saturated carbocycles. The third kappa shape index (κ3) is 3.25. The largest absolute Gasteiger partial charge is 0.292 e. The minimum atomic E-state index is -0.259. The quantitative estimate of drug-likeness (QED) is 0.459. The van der Waals surface area contributed by atoms with Crippen molar-refractivity contribution in [3.8, 4) is 0 Å². The summed E-state index contributed by atoms with van der Waals surface area (Å²) in [5, 5.41) is 3.62. The van der Waals surface area contributed by atoms with Crippen LogP contribution in [0.1, 0.15) is 6.92 Å². The van der Waals surface area contributed by atoms with Crippen LogP contribution in [0.2, 0.25) is 0 Å². The van der Waals surface area contributed by atoms with Gasteiger partial charge in [-0.3, -0.25) is 10.2 Å². The van der Waals surface area contributed by atoms with E-state index >= 15 is 0 Å². The molecule has 1 rings (SSSR count). The fourth-order valence-electron chi connectivity index (χ4n) is 0.705. The average Bonchev–Trinajstić information content (AvgIpc) is 2.15. The lowest BCUT2D eigenvalue weighted by Crippen LogP contribution is -2.04. The van der Waals surface area contributed by atoms with Crippen LogP contribution in [-0.2, 0) is 4.79 Å². The van der Waals surface area contributed by atoms with Crippen LogP contribution in [0.15, 0.2) is 35.4 Å². The highest BCUT2D eigenvalue weighted by Crippen LogP contribution is 2.04. The number of nitrogens with zero attached hydrogens (tertiary/aromatic N) is 1. The first kappa shape index (κ1) is 9.74. The fourth-order valence-corrected chi connectivity index (χ4v) is 0.747. The molecule has 0 fully saturated rings. The Balaban J connectivity index is 2.62. The summed E-state index contributed by atoms with van der Waals surface area (Å²) in [4.78, 5) is 10.7. The van der Waals surface area contributed by atoms with E-state index < -0.39 is 0 Å². The molecule has 68 valence electrons. The summed E-state index contributed by atoms with van der Waals surface area (Å²) >= 11 is 5.50. The Morgan fingerprint density at radius 1 is 1.38 bits per heavy atom. The van der Waals surface area contributed by atoms with Crippen LogP contribution >= 0.6 is 11.6 Å². The number of para-hydroxylation sites is 1. The normalized spacial score (nSPS) is 11.1. The molecule has 0 aromatic heterocycles. The van der Waals surface area contributed by atoms with Gasteiger partial charge in [-0.25, -0.2) is 0 Å². The maximum Gasteiger partial charge on any atom is 0.191 e. The lowest BCUT2D eigenvalue weighted by atomic mass is 10.3. The Labute approximate surface area is 81.4 Å². The van der Waals surface area contributed by atoms with E-state index in [1.165, 1.54) is 6.92 Å². The number of ketones is 1. The van der Waals surface area contributed by atoms with E-state index in [0.29, 0.717) is 0 Å². The van der Waals surface area contributed by atoms with Gasteiger partial charge in [-0.1, -0.05) is 29.8 Å². The van der Waals surface area contributed by atoms with Gasteiger partial charge in [0.15, 0.2) is 11.0 Å². The number of Topliss-reactive ketones (excluding diaryl/α,β-unsaturated/α-hetero) is 1. The maximum atomic E-state index is 10.7. The second-order valence-electron chi connectivity index (χ2n) is 2.44. The van der Waals surface area contributed by atoms with Crippen molar-refractivity contribution < 1.29 is 4.79 Å². The second-order valence-corrected chi connectivity index (χ2v) is 2.79. The molecule has 0 aliphatic heterocycles. The number of hydrogen-bond acceptors (Lipinski definition) is 3. The summed E-state index contributed by atoms with van der Waals surface area (Å²) in [6.45, 7) is 1.36. The van der Waals surface area contributed by atoms with E-state index in [1.54, 1.807) is 0 Å². The first-order valence-corrected chi connectivity index (χ1v) is 4.13. The standard InChI is InChI=1S/C9H9ClN2O/c1-7(13)9(10)12-11-8-5-3-2-4-6-8/h2-6,11H,1H3/b12-9-/i1+1. The number of halogens is 1. The molecule has 1 aromatic rings. The zero-order valence-corrected chi connectivity index (χ0v) is 7.88. The van der Waals surface area contributed by atoms with Gasteiger partial charge in [0.05, 0.1) is 5.69 Å². The molecule has 0 radical (unpaired) electrons. The van der Waals surface area contributed by atoms with Crippen molar-refractivity contribution in [2.24, 2.45) is 5.10 Å². The lowest BCUT2D eigenvalue weighted by Gasteiger charge is -1.98. The lowest BCUT2D eigenvalue weighted by molar-refractivity contribution is -0.110. The van der Waals surface area contributed by atoms with Crippen LogP contribution in [0.25, 0.3) is 0 Å². The Kier molecular flexibility index (Phi) is 3.46. The SMILES string of the molecule is [13CH3]C(=O)/C(Cl)=N/Nc1ccccc1. The number of hydrogen-bond donors (Lipinski definition) is 1. The van der Waals surface area contributed by atoms with Crippen molar-refractivity contribution in [2.75, 3.05) is 5.43 Å². The van der Waals surface area contributed by atoms with E-state index in [0.717, 1.165) is 5.69 Å². The highest BCUT2D eigenvalue weighted by atomic mass is 35.5. The summed E-state index contributed by atoms with van der Waals surface area (Å²) in [5.74, 6) is -0.259. The number of nitrogens with one attached hydrogen (secondary N) is 1. The average molecular weight is 198 g/mol. The summed E-state index contributed by atoms with van der Waals surface area (Å²) in [5.41, 5.74) is 3.45. The molecule has 3 nitrogen and oxygen atoms in total. The van der Waals surface area contributed by atoms with Crippen LogP contribution in [0.4, 0.5) is 5.69 Å². The summed E-state index contributed by atoms with van der Waals surface area (Å²) < 4.78 is 0. The third-order valence-corrected chi connectivity index (χ3v) is 1.70. The van der Waals surface area contributed by atoms with Crippen molar-refractivity contribution in [3.63, 3.8) is 0 Å². The molecule has 0 spiro atoms. The van der Waals surface area contributed by atoms with Crippen molar-refractivity contribution in [1.82, 2.24) is 0 Å². The van der Waals surface area contributed by atoms with Crippen LogP contribution in [0.3, 0.4) is 0 Å². The smallest absolute Gasteiger partial charge is 0.191 e. The molecule has 0 aliphatic carbocycles. The van der Waals surface area contributed by atoms with Crippen LogP contribution in [-0.4, -0.2) is 11.0 Å². The van der Waals surface area contributed by atoms with Gasteiger partial charge in [0.1, 0.15) is 0 Å². The molecule has 0 heterocycles. The van der Waals surface area contributed by atoms with Crippen LogP contribution < -0.4 is 5.43 Å². The number of rotatable bonds is 3. The van der Waals surface area contributed by atoms with Crippen molar-refractivity contribution >= 4 is 28.2 Å². The Bertz CT molecular complexity index is 322. The number of carbonyl (C=O) groups is 1. The molecule has 0 bridgehead atoms. The van der Waals surface area contributed by atoms with E-state index in [9.17, 15) is 4.79 Å². The first-order chi connectivity index (χ1) is 6.20. The van der Waals surface area contributed by atoms with Crippen molar-refractivity contribution in [3.05, 3.63) is 30.3 Å². The molecule has 0 unspecified atom stereocenters. The Hall–Kier alpha value is -1.35. The highest BCUT2D eigenvalue weighted by molar-refractivity contribution is 6.82. The van der Waals surface area contributed by atoms with Gasteiger partial charge in [-0.2, -0.15) is 5.10 Å². The molecule has 4 heteroatoms. The van der Waals surface area contributed by atoms with Gasteiger partial charge in [0.2, 0.25) is 0 Å². The topological polar surface area (TPSA) is 41.5 Å². The van der Waals surface area contributed by atoms with Gasteiger partial charge in [-0.15, -0.1) is 0 Å². The summed E-state index contributed by atoms with van der Waals surface area (Å²) in [6.07, 6.45) is 0. The fraction of sp³-hybridized carbons (Fsp3) is 0.111. The summed E-state index contributed by atoms with van der Waals surface area (Å²) in [6, 6.07) is 9.27. The molecule has 0 atom stereocenters. The Morgan fingerprint density at radius 3 is 2.54 bits per heavy atom. The van der Waals surface area contributed by atoms with Gasteiger partial charge in [-0.05, 0) is 12.1 Å². The minimum Gasteiger partial charge on any atom is -0.292 e. The maximum absolute atomic E-state index is 10.7.